The average Bonchev–Trinajstić information content (AvgIpc) is 3.42. The predicted molar refractivity (Wildman–Crippen MR) is 119 cm³/mol. The van der Waals surface area contributed by atoms with Gasteiger partial charge in [-0.05, 0) is 67.8 Å². The summed E-state index contributed by atoms with van der Waals surface area (Å²) in [4.78, 5) is 12.8. The number of benzene rings is 2. The highest BCUT2D eigenvalue weighted by Gasteiger charge is 2.25. The predicted octanol–water partition coefficient (Wildman–Crippen LogP) is 3.35. The fourth-order valence-corrected chi connectivity index (χ4v) is 3.91. The molecule has 0 amide bonds. The average molecular weight is 421 g/mol. The number of amidine groups is 1. The second-order valence-electron chi connectivity index (χ2n) is 7.70. The summed E-state index contributed by atoms with van der Waals surface area (Å²) < 4.78 is 17.0. The number of nitrogens with two attached hydrogens (primary N) is 1. The maximum atomic E-state index is 12.8. The monoisotopic (exact) mass is 421 g/mol. The molecule has 0 saturated carbocycles. The molecule has 2 atom stereocenters. The molecule has 1 aliphatic heterocycles. The number of ether oxygens (including phenoxy) is 2. The Bertz CT molecular complexity index is 1070. The third-order valence-corrected chi connectivity index (χ3v) is 5.56. The Hall–Kier alpha value is -3.32. The number of furan rings is 1. The molecule has 162 valence electrons. The standard InChI is InChI=1S/C24H27N3O4/c1-2-29-24(28)21(15-3-6-18(7-4-15)31-19-9-10-27-13-19)12-17-14-30-22-8-5-16(23(25)26)11-20(17)22/h3-8,11,14,19,21,27H,2,9-10,12-13H2,1H3,(H3,25,26)/t19-,21?/m0/s1. The summed E-state index contributed by atoms with van der Waals surface area (Å²) in [6, 6.07) is 13.0. The van der Waals surface area contributed by atoms with Crippen LogP contribution in [0.1, 0.15) is 36.0 Å². The molecular weight excluding hydrogens is 394 g/mol. The minimum Gasteiger partial charge on any atom is -0.489 e. The number of nitrogen functional groups attached to an aromatic ring is 1. The molecule has 0 spiro atoms. The number of carbonyl (C=O) groups excluding carboxylic acids is 1. The molecule has 0 aliphatic carbocycles. The van der Waals surface area contributed by atoms with Gasteiger partial charge in [-0.15, -0.1) is 0 Å². The second-order valence-corrected chi connectivity index (χ2v) is 7.70. The molecule has 1 fully saturated rings. The number of hydrogen-bond acceptors (Lipinski definition) is 6. The minimum atomic E-state index is -0.482. The number of hydrogen-bond donors (Lipinski definition) is 3. The molecule has 3 aromatic rings. The van der Waals surface area contributed by atoms with E-state index in [2.05, 4.69) is 5.32 Å². The Labute approximate surface area is 181 Å². The van der Waals surface area contributed by atoms with Crippen molar-refractivity contribution in [2.24, 2.45) is 5.73 Å². The molecule has 2 aromatic carbocycles. The van der Waals surface area contributed by atoms with Gasteiger partial charge in [0.2, 0.25) is 0 Å². The molecule has 0 radical (unpaired) electrons. The first kappa shape index (κ1) is 20.9. The Morgan fingerprint density at radius 2 is 2.10 bits per heavy atom. The number of carbonyl (C=O) groups is 1. The van der Waals surface area contributed by atoms with Crippen molar-refractivity contribution in [3.05, 3.63) is 65.4 Å². The van der Waals surface area contributed by atoms with Crippen molar-refractivity contribution in [3.63, 3.8) is 0 Å². The van der Waals surface area contributed by atoms with Crippen LogP contribution in [0.4, 0.5) is 0 Å². The molecule has 1 aliphatic rings. The van der Waals surface area contributed by atoms with E-state index in [9.17, 15) is 4.79 Å². The lowest BCUT2D eigenvalue weighted by atomic mass is 9.91. The van der Waals surface area contributed by atoms with Crippen LogP contribution in [0.3, 0.4) is 0 Å². The van der Waals surface area contributed by atoms with Gasteiger partial charge < -0.3 is 24.9 Å². The lowest BCUT2D eigenvalue weighted by molar-refractivity contribution is -0.144. The van der Waals surface area contributed by atoms with Crippen LogP contribution in [0.2, 0.25) is 0 Å². The quantitative estimate of drug-likeness (QED) is 0.292. The van der Waals surface area contributed by atoms with Crippen LogP contribution >= 0.6 is 0 Å². The van der Waals surface area contributed by atoms with Gasteiger partial charge >= 0.3 is 5.97 Å². The smallest absolute Gasteiger partial charge is 0.313 e. The molecule has 4 rings (SSSR count). The van der Waals surface area contributed by atoms with Crippen LogP contribution < -0.4 is 15.8 Å². The molecule has 1 unspecified atom stereocenters. The Morgan fingerprint density at radius 3 is 2.77 bits per heavy atom. The molecule has 0 bridgehead atoms. The van der Waals surface area contributed by atoms with Gasteiger partial charge in [0.1, 0.15) is 23.3 Å². The minimum absolute atomic E-state index is 0.0101. The van der Waals surface area contributed by atoms with Crippen LogP contribution in [-0.2, 0) is 16.0 Å². The highest BCUT2D eigenvalue weighted by molar-refractivity contribution is 5.99. The molecule has 7 nitrogen and oxygen atoms in total. The van der Waals surface area contributed by atoms with Crippen molar-refractivity contribution in [1.82, 2.24) is 5.32 Å². The summed E-state index contributed by atoms with van der Waals surface area (Å²) in [5.41, 5.74) is 8.67. The zero-order valence-electron chi connectivity index (χ0n) is 17.5. The first-order chi connectivity index (χ1) is 15.0. The van der Waals surface area contributed by atoms with Gasteiger partial charge in [-0.25, -0.2) is 0 Å². The number of esters is 1. The zero-order valence-corrected chi connectivity index (χ0v) is 17.5. The molecular formula is C24H27N3O4. The third kappa shape index (κ3) is 4.72. The number of rotatable bonds is 8. The number of fused-ring (bicyclic) bond motifs is 1. The van der Waals surface area contributed by atoms with E-state index in [0.29, 0.717) is 24.2 Å². The summed E-state index contributed by atoms with van der Waals surface area (Å²) >= 11 is 0. The first-order valence-electron chi connectivity index (χ1n) is 10.5. The summed E-state index contributed by atoms with van der Waals surface area (Å²) in [6.07, 6.45) is 3.24. The maximum Gasteiger partial charge on any atom is 0.313 e. The fraction of sp³-hybridized carbons (Fsp3) is 0.333. The summed E-state index contributed by atoms with van der Waals surface area (Å²) in [6.45, 7) is 3.93. The molecule has 7 heteroatoms. The molecule has 4 N–H and O–H groups in total. The topological polar surface area (TPSA) is 111 Å². The SMILES string of the molecule is CCOC(=O)C(Cc1coc2ccc(C(=N)N)cc12)c1ccc(O[C@H]2CCNC2)cc1. The third-order valence-electron chi connectivity index (χ3n) is 5.56. The van der Waals surface area contributed by atoms with Gasteiger partial charge in [-0.1, -0.05) is 12.1 Å². The van der Waals surface area contributed by atoms with Crippen molar-refractivity contribution in [3.8, 4) is 5.75 Å². The van der Waals surface area contributed by atoms with E-state index < -0.39 is 5.92 Å². The first-order valence-corrected chi connectivity index (χ1v) is 10.5. The van der Waals surface area contributed by atoms with Gasteiger partial charge in [0.25, 0.3) is 0 Å². The highest BCUT2D eigenvalue weighted by Crippen LogP contribution is 2.30. The van der Waals surface area contributed by atoms with Crippen molar-refractivity contribution in [1.29, 1.82) is 5.41 Å². The van der Waals surface area contributed by atoms with Crippen LogP contribution in [0.15, 0.2) is 53.1 Å². The lowest BCUT2D eigenvalue weighted by Crippen LogP contribution is -2.20. The highest BCUT2D eigenvalue weighted by atomic mass is 16.5. The van der Waals surface area contributed by atoms with Gasteiger partial charge in [0.15, 0.2) is 0 Å². The Balaban J connectivity index is 1.60. The van der Waals surface area contributed by atoms with E-state index in [1.807, 2.05) is 30.3 Å². The van der Waals surface area contributed by atoms with Crippen molar-refractivity contribution < 1.29 is 18.7 Å². The van der Waals surface area contributed by atoms with Crippen LogP contribution in [0, 0.1) is 5.41 Å². The van der Waals surface area contributed by atoms with Gasteiger partial charge in [-0.2, -0.15) is 0 Å². The van der Waals surface area contributed by atoms with E-state index in [0.717, 1.165) is 41.8 Å². The van der Waals surface area contributed by atoms with Gasteiger partial charge in [-0.3, -0.25) is 10.2 Å². The Kier molecular flexibility index (Phi) is 6.23. The van der Waals surface area contributed by atoms with Crippen molar-refractivity contribution in [2.45, 2.75) is 31.8 Å². The zero-order chi connectivity index (χ0) is 21.8. The van der Waals surface area contributed by atoms with Gasteiger partial charge in [0, 0.05) is 17.5 Å². The molecule has 2 heterocycles. The maximum absolute atomic E-state index is 12.8. The van der Waals surface area contributed by atoms with E-state index in [1.165, 1.54) is 0 Å². The van der Waals surface area contributed by atoms with Crippen molar-refractivity contribution in [2.75, 3.05) is 19.7 Å². The number of nitrogens with one attached hydrogen (secondary N) is 2. The molecule has 1 aromatic heterocycles. The summed E-state index contributed by atoms with van der Waals surface area (Å²) in [7, 11) is 0. The fourth-order valence-electron chi connectivity index (χ4n) is 3.91. The van der Waals surface area contributed by atoms with Crippen LogP contribution in [-0.4, -0.2) is 37.6 Å². The van der Waals surface area contributed by atoms with E-state index >= 15 is 0 Å². The second kappa shape index (κ2) is 9.22. The van der Waals surface area contributed by atoms with Gasteiger partial charge in [0.05, 0.1) is 18.8 Å². The normalized spacial score (nSPS) is 16.9. The van der Waals surface area contributed by atoms with Crippen LogP contribution in [0.5, 0.6) is 5.75 Å². The Morgan fingerprint density at radius 1 is 1.29 bits per heavy atom. The van der Waals surface area contributed by atoms with E-state index in [1.54, 1.807) is 25.3 Å². The van der Waals surface area contributed by atoms with Crippen molar-refractivity contribution >= 4 is 22.8 Å². The lowest BCUT2D eigenvalue weighted by Gasteiger charge is -2.17. The van der Waals surface area contributed by atoms with E-state index in [-0.39, 0.29) is 17.9 Å². The largest absolute Gasteiger partial charge is 0.489 e. The van der Waals surface area contributed by atoms with Crippen LogP contribution in [0.25, 0.3) is 11.0 Å². The summed E-state index contributed by atoms with van der Waals surface area (Å²) in [5, 5.41) is 11.8. The molecule has 1 saturated heterocycles. The summed E-state index contributed by atoms with van der Waals surface area (Å²) in [5.74, 6) is 0.0149. The van der Waals surface area contributed by atoms with E-state index in [4.69, 9.17) is 25.0 Å². The molecule has 31 heavy (non-hydrogen) atoms.